The van der Waals surface area contributed by atoms with Gasteiger partial charge in [-0.1, -0.05) is 0 Å². The molecule has 11 heavy (non-hydrogen) atoms. The molecule has 0 aliphatic rings. The van der Waals surface area contributed by atoms with E-state index in [9.17, 15) is 0 Å². The van der Waals surface area contributed by atoms with E-state index < -0.39 is 0 Å². The molecule has 2 N–H and O–H groups in total. The van der Waals surface area contributed by atoms with Crippen LogP contribution in [0.25, 0.3) is 0 Å². The maximum Gasteiger partial charge on any atom is 0.0794 e. The van der Waals surface area contributed by atoms with Gasteiger partial charge in [0.2, 0.25) is 0 Å². The number of aliphatic hydroxyl groups excluding tert-OH is 1. The van der Waals surface area contributed by atoms with Gasteiger partial charge in [-0.25, -0.2) is 0 Å². The van der Waals surface area contributed by atoms with Crippen LogP contribution in [0, 0.1) is 0 Å². The van der Waals surface area contributed by atoms with Gasteiger partial charge in [-0.05, 0) is 6.92 Å². The molecule has 0 saturated carbocycles. The van der Waals surface area contributed by atoms with Crippen molar-refractivity contribution in [2.45, 2.75) is 19.6 Å². The summed E-state index contributed by atoms with van der Waals surface area (Å²) in [7, 11) is 0. The average molecular weight is 172 g/mol. The van der Waals surface area contributed by atoms with Crippen molar-refractivity contribution in [3.8, 4) is 0 Å². The molecule has 62 valence electrons. The van der Waals surface area contributed by atoms with Crippen LogP contribution in [0.1, 0.15) is 11.8 Å². The van der Waals surface area contributed by atoms with Crippen LogP contribution >= 0.6 is 11.3 Å². The van der Waals surface area contributed by atoms with Gasteiger partial charge in [-0.15, -0.1) is 11.3 Å². The molecule has 3 nitrogen and oxygen atoms in total. The second-order valence-electron chi connectivity index (χ2n) is 2.45. The number of thiazole rings is 1. The highest BCUT2D eigenvalue weighted by molar-refractivity contribution is 7.09. The summed E-state index contributed by atoms with van der Waals surface area (Å²) in [6, 6.07) is 0. The van der Waals surface area contributed by atoms with E-state index in [1.165, 1.54) is 4.88 Å². The molecule has 1 rings (SSSR count). The lowest BCUT2D eigenvalue weighted by atomic mass is 10.4. The summed E-state index contributed by atoms with van der Waals surface area (Å²) >= 11 is 1.62. The summed E-state index contributed by atoms with van der Waals surface area (Å²) in [5, 5.41) is 12.0. The number of aliphatic hydroxyl groups is 1. The van der Waals surface area contributed by atoms with Gasteiger partial charge in [0.05, 0.1) is 11.6 Å². The highest BCUT2D eigenvalue weighted by Gasteiger charge is 1.95. The zero-order valence-corrected chi connectivity index (χ0v) is 7.27. The summed E-state index contributed by atoms with van der Waals surface area (Å²) < 4.78 is 0. The molecule has 1 aromatic rings. The number of aromatic nitrogens is 1. The fourth-order valence-electron chi connectivity index (χ4n) is 0.734. The number of nitrogens with zero attached hydrogens (tertiary/aromatic N) is 1. The van der Waals surface area contributed by atoms with Gasteiger partial charge < -0.3 is 10.4 Å². The Balaban J connectivity index is 2.14. The molecule has 0 unspecified atom stereocenters. The van der Waals surface area contributed by atoms with Gasteiger partial charge in [0, 0.05) is 24.2 Å². The minimum atomic E-state index is -0.275. The van der Waals surface area contributed by atoms with E-state index in [1.807, 2.05) is 6.20 Å². The lowest BCUT2D eigenvalue weighted by Crippen LogP contribution is -2.23. The Hall–Kier alpha value is -0.450. The van der Waals surface area contributed by atoms with Crippen LogP contribution in [0.5, 0.6) is 0 Å². The van der Waals surface area contributed by atoms with Crippen LogP contribution in [-0.2, 0) is 6.54 Å². The molecule has 0 bridgehead atoms. The van der Waals surface area contributed by atoms with Crippen molar-refractivity contribution in [1.29, 1.82) is 0 Å². The maximum absolute atomic E-state index is 8.91. The molecular formula is C7H12N2OS. The molecule has 1 aromatic heterocycles. The predicted molar refractivity (Wildman–Crippen MR) is 45.5 cm³/mol. The van der Waals surface area contributed by atoms with E-state index >= 15 is 0 Å². The molecule has 0 amide bonds. The lowest BCUT2D eigenvalue weighted by Gasteiger charge is -2.03. The molecule has 0 aliphatic heterocycles. The molecule has 1 atom stereocenters. The Kier molecular flexibility index (Phi) is 3.48. The quantitative estimate of drug-likeness (QED) is 0.699. The minimum Gasteiger partial charge on any atom is -0.392 e. The van der Waals surface area contributed by atoms with Gasteiger partial charge >= 0.3 is 0 Å². The van der Waals surface area contributed by atoms with Crippen molar-refractivity contribution in [1.82, 2.24) is 10.3 Å². The van der Waals surface area contributed by atoms with Gasteiger partial charge in [0.15, 0.2) is 0 Å². The van der Waals surface area contributed by atoms with Crippen molar-refractivity contribution >= 4 is 11.3 Å². The Morgan fingerprint density at radius 3 is 3.18 bits per heavy atom. The molecule has 0 fully saturated rings. The van der Waals surface area contributed by atoms with Gasteiger partial charge in [-0.2, -0.15) is 0 Å². The first-order valence-corrected chi connectivity index (χ1v) is 4.43. The van der Waals surface area contributed by atoms with Gasteiger partial charge in [-0.3, -0.25) is 4.98 Å². The minimum absolute atomic E-state index is 0.275. The first-order valence-electron chi connectivity index (χ1n) is 3.55. The summed E-state index contributed by atoms with van der Waals surface area (Å²) in [4.78, 5) is 5.14. The smallest absolute Gasteiger partial charge is 0.0794 e. The highest BCUT2D eigenvalue weighted by atomic mass is 32.1. The SMILES string of the molecule is C[C@H](O)CNCc1cncs1. The van der Waals surface area contributed by atoms with E-state index in [2.05, 4.69) is 10.3 Å². The van der Waals surface area contributed by atoms with Crippen LogP contribution < -0.4 is 5.32 Å². The topological polar surface area (TPSA) is 45.1 Å². The van der Waals surface area contributed by atoms with E-state index in [1.54, 1.807) is 23.8 Å². The Bertz CT molecular complexity index is 186. The fraction of sp³-hybridized carbons (Fsp3) is 0.571. The first kappa shape index (κ1) is 8.64. The number of rotatable bonds is 4. The molecule has 1 heterocycles. The van der Waals surface area contributed by atoms with Crippen LogP contribution in [-0.4, -0.2) is 22.7 Å². The zero-order valence-electron chi connectivity index (χ0n) is 6.45. The summed E-state index contributed by atoms with van der Waals surface area (Å²) in [5.74, 6) is 0. The highest BCUT2D eigenvalue weighted by Crippen LogP contribution is 2.03. The van der Waals surface area contributed by atoms with Crippen molar-refractivity contribution in [3.63, 3.8) is 0 Å². The normalized spacial score (nSPS) is 13.3. The Morgan fingerprint density at radius 2 is 2.64 bits per heavy atom. The second kappa shape index (κ2) is 4.43. The molecule has 0 spiro atoms. The lowest BCUT2D eigenvalue weighted by molar-refractivity contribution is 0.191. The zero-order chi connectivity index (χ0) is 8.10. The fourth-order valence-corrected chi connectivity index (χ4v) is 1.30. The third-order valence-electron chi connectivity index (χ3n) is 1.22. The molecule has 0 saturated heterocycles. The Labute approximate surface area is 70.1 Å². The number of hydrogen-bond acceptors (Lipinski definition) is 4. The monoisotopic (exact) mass is 172 g/mol. The molecular weight excluding hydrogens is 160 g/mol. The van der Waals surface area contributed by atoms with E-state index in [0.717, 1.165) is 6.54 Å². The van der Waals surface area contributed by atoms with E-state index in [0.29, 0.717) is 6.54 Å². The molecule has 0 aliphatic carbocycles. The van der Waals surface area contributed by atoms with Crippen LogP contribution in [0.3, 0.4) is 0 Å². The second-order valence-corrected chi connectivity index (χ2v) is 3.42. The van der Waals surface area contributed by atoms with Crippen molar-refractivity contribution in [2.75, 3.05) is 6.54 Å². The average Bonchev–Trinajstić information content (AvgIpc) is 2.39. The van der Waals surface area contributed by atoms with Crippen LogP contribution in [0.4, 0.5) is 0 Å². The third kappa shape index (κ3) is 3.46. The van der Waals surface area contributed by atoms with Crippen molar-refractivity contribution < 1.29 is 5.11 Å². The first-order chi connectivity index (χ1) is 5.29. The summed E-state index contributed by atoms with van der Waals surface area (Å²) in [5.41, 5.74) is 1.80. The molecule has 0 radical (unpaired) electrons. The van der Waals surface area contributed by atoms with Crippen molar-refractivity contribution in [3.05, 3.63) is 16.6 Å². The van der Waals surface area contributed by atoms with E-state index in [4.69, 9.17) is 5.11 Å². The van der Waals surface area contributed by atoms with Gasteiger partial charge in [0.25, 0.3) is 0 Å². The molecule has 0 aromatic carbocycles. The number of hydrogen-bond donors (Lipinski definition) is 2. The van der Waals surface area contributed by atoms with Crippen molar-refractivity contribution in [2.24, 2.45) is 0 Å². The third-order valence-corrected chi connectivity index (χ3v) is 2.00. The predicted octanol–water partition coefficient (Wildman–Crippen LogP) is 0.613. The Morgan fingerprint density at radius 1 is 1.82 bits per heavy atom. The maximum atomic E-state index is 8.91. The molecule has 4 heteroatoms. The van der Waals surface area contributed by atoms with Gasteiger partial charge in [0.1, 0.15) is 0 Å². The van der Waals surface area contributed by atoms with Crippen LogP contribution in [0.15, 0.2) is 11.7 Å². The van der Waals surface area contributed by atoms with E-state index in [-0.39, 0.29) is 6.10 Å². The van der Waals surface area contributed by atoms with Crippen LogP contribution in [0.2, 0.25) is 0 Å². The number of nitrogens with one attached hydrogen (secondary N) is 1. The standard InChI is InChI=1S/C7H12N2OS/c1-6(10)2-8-3-7-4-9-5-11-7/h4-6,8,10H,2-3H2,1H3/t6-/m0/s1. The summed E-state index contributed by atoms with van der Waals surface area (Å²) in [6.07, 6.45) is 1.56. The summed E-state index contributed by atoms with van der Waals surface area (Å²) in [6.45, 7) is 3.20. The largest absolute Gasteiger partial charge is 0.392 e.